The number of fused-ring (bicyclic) bond motifs is 1. The fraction of sp³-hybridized carbons (Fsp3) is 0.818. The van der Waals surface area contributed by atoms with E-state index in [1.54, 1.807) is 0 Å². The van der Waals surface area contributed by atoms with E-state index in [9.17, 15) is 4.79 Å². The molecule has 0 radical (unpaired) electrons. The van der Waals surface area contributed by atoms with Gasteiger partial charge in [0.2, 0.25) is 5.91 Å². The molecule has 1 aliphatic carbocycles. The molecule has 76 valence electrons. The van der Waals surface area contributed by atoms with E-state index in [1.165, 1.54) is 25.7 Å². The molecule has 2 unspecified atom stereocenters. The molecule has 1 heterocycles. The molecule has 1 amide bonds. The van der Waals surface area contributed by atoms with Crippen LogP contribution in [0.2, 0.25) is 0 Å². The molecule has 3 heteroatoms. The van der Waals surface area contributed by atoms with Gasteiger partial charge in [-0.15, -0.1) is 0 Å². The Morgan fingerprint density at radius 2 is 1.86 bits per heavy atom. The maximum Gasteiger partial charge on any atom is 0.236 e. The average Bonchev–Trinajstić information content (AvgIpc) is 2.61. The van der Waals surface area contributed by atoms with Crippen LogP contribution in [0.3, 0.4) is 0 Å². The van der Waals surface area contributed by atoms with E-state index in [4.69, 9.17) is 5.26 Å². The Balaban J connectivity index is 1.93. The van der Waals surface area contributed by atoms with Gasteiger partial charge in [0.25, 0.3) is 0 Å². The fourth-order valence-electron chi connectivity index (χ4n) is 2.79. The third-order valence-corrected chi connectivity index (χ3v) is 3.56. The predicted octanol–water partition coefficient (Wildman–Crippen LogP) is 1.55. The largest absolute Gasteiger partial charge is 0.341 e. The second kappa shape index (κ2) is 4.00. The van der Waals surface area contributed by atoms with E-state index in [0.717, 1.165) is 24.9 Å². The quantitative estimate of drug-likeness (QED) is 0.632. The van der Waals surface area contributed by atoms with Crippen LogP contribution < -0.4 is 0 Å². The van der Waals surface area contributed by atoms with Crippen molar-refractivity contribution in [1.82, 2.24) is 4.90 Å². The number of amides is 1. The van der Waals surface area contributed by atoms with Gasteiger partial charge in [-0.2, -0.15) is 5.26 Å². The maximum atomic E-state index is 11.5. The lowest BCUT2D eigenvalue weighted by atomic mass is 9.82. The molecule has 0 aromatic heterocycles. The standard InChI is InChI=1S/C11H16N2O/c12-6-5-11(14)13-7-9-3-1-2-4-10(9)8-13/h9-10H,1-5,7-8H2. The van der Waals surface area contributed by atoms with Crippen LogP contribution in [0.25, 0.3) is 0 Å². The van der Waals surface area contributed by atoms with Crippen molar-refractivity contribution >= 4 is 5.91 Å². The van der Waals surface area contributed by atoms with Crippen molar-refractivity contribution in [2.75, 3.05) is 13.1 Å². The van der Waals surface area contributed by atoms with Crippen LogP contribution in [0, 0.1) is 23.2 Å². The highest BCUT2D eigenvalue weighted by Crippen LogP contribution is 2.36. The van der Waals surface area contributed by atoms with Gasteiger partial charge in [0.05, 0.1) is 6.07 Å². The highest BCUT2D eigenvalue weighted by molar-refractivity contribution is 5.78. The first kappa shape index (κ1) is 9.51. The van der Waals surface area contributed by atoms with Crippen LogP contribution in [0.15, 0.2) is 0 Å². The van der Waals surface area contributed by atoms with Crippen LogP contribution in [0.4, 0.5) is 0 Å². The zero-order chi connectivity index (χ0) is 9.97. The summed E-state index contributed by atoms with van der Waals surface area (Å²) in [5, 5.41) is 8.46. The fourth-order valence-corrected chi connectivity index (χ4v) is 2.79. The Morgan fingerprint density at radius 1 is 1.29 bits per heavy atom. The highest BCUT2D eigenvalue weighted by atomic mass is 16.2. The van der Waals surface area contributed by atoms with E-state index in [1.807, 2.05) is 11.0 Å². The Kier molecular flexibility index (Phi) is 2.72. The SMILES string of the molecule is N#CCC(=O)N1CC2CCCCC2C1. The number of nitrogens with zero attached hydrogens (tertiary/aromatic N) is 2. The molecular formula is C11H16N2O. The number of nitriles is 1. The summed E-state index contributed by atoms with van der Waals surface area (Å²) in [5.74, 6) is 1.49. The smallest absolute Gasteiger partial charge is 0.236 e. The van der Waals surface area contributed by atoms with Crippen molar-refractivity contribution in [1.29, 1.82) is 5.26 Å². The monoisotopic (exact) mass is 192 g/mol. The summed E-state index contributed by atoms with van der Waals surface area (Å²) < 4.78 is 0. The molecule has 2 atom stereocenters. The summed E-state index contributed by atoms with van der Waals surface area (Å²) in [6.45, 7) is 1.82. The van der Waals surface area contributed by atoms with Gasteiger partial charge in [-0.1, -0.05) is 12.8 Å². The van der Waals surface area contributed by atoms with Gasteiger partial charge >= 0.3 is 0 Å². The summed E-state index contributed by atoms with van der Waals surface area (Å²) in [6, 6.07) is 1.93. The molecule has 1 saturated heterocycles. The molecular weight excluding hydrogens is 176 g/mol. The summed E-state index contributed by atoms with van der Waals surface area (Å²) in [5.41, 5.74) is 0. The number of hydrogen-bond donors (Lipinski definition) is 0. The summed E-state index contributed by atoms with van der Waals surface area (Å²) in [7, 11) is 0. The van der Waals surface area contributed by atoms with Crippen LogP contribution in [0.5, 0.6) is 0 Å². The molecule has 0 N–H and O–H groups in total. The van der Waals surface area contributed by atoms with E-state index >= 15 is 0 Å². The van der Waals surface area contributed by atoms with Crippen molar-refractivity contribution in [2.45, 2.75) is 32.1 Å². The minimum absolute atomic E-state index is 0.0295. The van der Waals surface area contributed by atoms with Gasteiger partial charge in [-0.05, 0) is 24.7 Å². The molecule has 0 aromatic carbocycles. The Bertz CT molecular complexity index is 255. The summed E-state index contributed by atoms with van der Waals surface area (Å²) >= 11 is 0. The maximum absolute atomic E-state index is 11.5. The van der Waals surface area contributed by atoms with Gasteiger partial charge in [0, 0.05) is 13.1 Å². The summed E-state index contributed by atoms with van der Waals surface area (Å²) in [4.78, 5) is 13.4. The second-order valence-electron chi connectivity index (χ2n) is 4.44. The van der Waals surface area contributed by atoms with E-state index in [-0.39, 0.29) is 12.3 Å². The molecule has 2 rings (SSSR count). The van der Waals surface area contributed by atoms with Crippen molar-refractivity contribution < 1.29 is 4.79 Å². The first-order chi connectivity index (χ1) is 6.81. The van der Waals surface area contributed by atoms with E-state index < -0.39 is 0 Å². The van der Waals surface area contributed by atoms with Crippen molar-refractivity contribution in [3.05, 3.63) is 0 Å². The van der Waals surface area contributed by atoms with Gasteiger partial charge in [0.1, 0.15) is 6.42 Å². The average molecular weight is 192 g/mol. The lowest BCUT2D eigenvalue weighted by Crippen LogP contribution is -2.28. The molecule has 14 heavy (non-hydrogen) atoms. The normalized spacial score (nSPS) is 30.9. The zero-order valence-electron chi connectivity index (χ0n) is 8.41. The third kappa shape index (κ3) is 1.75. The molecule has 0 bridgehead atoms. The molecule has 0 aromatic rings. The van der Waals surface area contributed by atoms with Crippen LogP contribution in [0.1, 0.15) is 32.1 Å². The lowest BCUT2D eigenvalue weighted by molar-refractivity contribution is -0.129. The third-order valence-electron chi connectivity index (χ3n) is 3.56. The van der Waals surface area contributed by atoms with Gasteiger partial charge in [-0.3, -0.25) is 4.79 Å². The van der Waals surface area contributed by atoms with Gasteiger partial charge in [-0.25, -0.2) is 0 Å². The molecule has 1 saturated carbocycles. The number of hydrogen-bond acceptors (Lipinski definition) is 2. The van der Waals surface area contributed by atoms with Crippen molar-refractivity contribution in [2.24, 2.45) is 11.8 Å². The van der Waals surface area contributed by atoms with E-state index in [0.29, 0.717) is 0 Å². The Hall–Kier alpha value is -1.04. The number of carbonyl (C=O) groups is 1. The van der Waals surface area contributed by atoms with Crippen LogP contribution in [-0.4, -0.2) is 23.9 Å². The number of rotatable bonds is 1. The molecule has 3 nitrogen and oxygen atoms in total. The number of likely N-dealkylation sites (tertiary alicyclic amines) is 1. The molecule has 1 aliphatic heterocycles. The van der Waals surface area contributed by atoms with Crippen molar-refractivity contribution in [3.8, 4) is 6.07 Å². The topological polar surface area (TPSA) is 44.1 Å². The highest BCUT2D eigenvalue weighted by Gasteiger charge is 2.35. The zero-order valence-corrected chi connectivity index (χ0v) is 8.41. The van der Waals surface area contributed by atoms with Crippen LogP contribution >= 0.6 is 0 Å². The summed E-state index contributed by atoms with van der Waals surface area (Å²) in [6.07, 6.45) is 5.25. The van der Waals surface area contributed by atoms with Gasteiger partial charge < -0.3 is 4.90 Å². The minimum atomic E-state index is 0.0295. The Labute approximate surface area is 84.7 Å². The minimum Gasteiger partial charge on any atom is -0.341 e. The van der Waals surface area contributed by atoms with E-state index in [2.05, 4.69) is 0 Å². The predicted molar refractivity (Wildman–Crippen MR) is 52.3 cm³/mol. The second-order valence-corrected chi connectivity index (χ2v) is 4.44. The first-order valence-corrected chi connectivity index (χ1v) is 5.46. The molecule has 0 spiro atoms. The first-order valence-electron chi connectivity index (χ1n) is 5.46. The molecule has 2 fully saturated rings. The number of carbonyl (C=O) groups excluding carboxylic acids is 1. The van der Waals surface area contributed by atoms with Crippen molar-refractivity contribution in [3.63, 3.8) is 0 Å². The molecule has 2 aliphatic rings. The lowest BCUT2D eigenvalue weighted by Gasteiger charge is -2.22. The Morgan fingerprint density at radius 3 is 2.36 bits per heavy atom. The van der Waals surface area contributed by atoms with Gasteiger partial charge in [0.15, 0.2) is 0 Å². The van der Waals surface area contributed by atoms with Crippen LogP contribution in [-0.2, 0) is 4.79 Å².